The Morgan fingerprint density at radius 3 is 2.62 bits per heavy atom. The molecule has 0 saturated heterocycles. The molecule has 1 fully saturated rings. The van der Waals surface area contributed by atoms with E-state index in [1.165, 1.54) is 0 Å². The third-order valence-electron chi connectivity index (χ3n) is 4.31. The van der Waals surface area contributed by atoms with Gasteiger partial charge < -0.3 is 15.4 Å². The molecular weight excluding hydrogens is 288 g/mol. The molecule has 1 aromatic rings. The molecule has 1 amide bonds. The highest BCUT2D eigenvalue weighted by atomic mass is 35.5. The van der Waals surface area contributed by atoms with Crippen molar-refractivity contribution in [3.63, 3.8) is 0 Å². The highest BCUT2D eigenvalue weighted by Gasteiger charge is 2.41. The van der Waals surface area contributed by atoms with E-state index in [1.807, 2.05) is 31.3 Å². The third kappa shape index (κ3) is 3.89. The van der Waals surface area contributed by atoms with E-state index in [0.717, 1.165) is 37.0 Å². The first-order valence-electron chi connectivity index (χ1n) is 7.20. The number of methoxy groups -OCH3 is 1. The monoisotopic (exact) mass is 312 g/mol. The van der Waals surface area contributed by atoms with Crippen LogP contribution in [0.1, 0.15) is 31.2 Å². The number of ether oxygens (including phenoxy) is 1. The van der Waals surface area contributed by atoms with Crippen LogP contribution in [-0.2, 0) is 11.3 Å². The quantitative estimate of drug-likeness (QED) is 0.909. The maximum atomic E-state index is 12.7. The summed E-state index contributed by atoms with van der Waals surface area (Å²) in [7, 11) is 3.51. The third-order valence-corrected chi connectivity index (χ3v) is 4.31. The summed E-state index contributed by atoms with van der Waals surface area (Å²) in [6.07, 6.45) is 4.06. The molecule has 1 aliphatic carbocycles. The lowest BCUT2D eigenvalue weighted by Gasteiger charge is -2.31. The van der Waals surface area contributed by atoms with Gasteiger partial charge in [-0.15, -0.1) is 12.4 Å². The number of nitrogens with two attached hydrogens (primary N) is 1. The second-order valence-electron chi connectivity index (χ2n) is 5.70. The lowest BCUT2D eigenvalue weighted by Crippen LogP contribution is -2.44. The van der Waals surface area contributed by atoms with Crippen molar-refractivity contribution in [1.82, 2.24) is 4.90 Å². The van der Waals surface area contributed by atoms with Crippen molar-refractivity contribution in [2.75, 3.05) is 20.7 Å². The van der Waals surface area contributed by atoms with Gasteiger partial charge in [0.2, 0.25) is 5.91 Å². The van der Waals surface area contributed by atoms with Crippen LogP contribution in [0.5, 0.6) is 5.75 Å². The van der Waals surface area contributed by atoms with Crippen LogP contribution in [0.25, 0.3) is 0 Å². The predicted molar refractivity (Wildman–Crippen MR) is 86.7 cm³/mol. The van der Waals surface area contributed by atoms with Gasteiger partial charge in [-0.1, -0.05) is 25.0 Å². The maximum Gasteiger partial charge on any atom is 0.230 e. The van der Waals surface area contributed by atoms with Gasteiger partial charge >= 0.3 is 0 Å². The van der Waals surface area contributed by atoms with Crippen LogP contribution in [0.4, 0.5) is 0 Å². The molecule has 4 nitrogen and oxygen atoms in total. The summed E-state index contributed by atoms with van der Waals surface area (Å²) in [5, 5.41) is 0. The number of rotatable bonds is 5. The van der Waals surface area contributed by atoms with Gasteiger partial charge in [-0.05, 0) is 30.5 Å². The molecule has 5 heteroatoms. The molecule has 0 aliphatic heterocycles. The number of hydrogen-bond acceptors (Lipinski definition) is 3. The summed E-state index contributed by atoms with van der Waals surface area (Å²) in [5.41, 5.74) is 6.63. The van der Waals surface area contributed by atoms with Crippen LogP contribution in [0, 0.1) is 5.41 Å². The topological polar surface area (TPSA) is 55.6 Å². The molecule has 0 heterocycles. The SMILES string of the molecule is COc1cccc(CN(C)C(=O)C2(CN)CCCC2)c1.Cl. The highest BCUT2D eigenvalue weighted by molar-refractivity contribution is 5.85. The van der Waals surface area contributed by atoms with Crippen LogP contribution < -0.4 is 10.5 Å². The fourth-order valence-electron chi connectivity index (χ4n) is 3.08. The molecule has 1 aromatic carbocycles. The lowest BCUT2D eigenvalue weighted by molar-refractivity contribution is -0.140. The fraction of sp³-hybridized carbons (Fsp3) is 0.562. The maximum absolute atomic E-state index is 12.7. The van der Waals surface area contributed by atoms with Gasteiger partial charge in [0.15, 0.2) is 0 Å². The van der Waals surface area contributed by atoms with Gasteiger partial charge in [0, 0.05) is 20.1 Å². The van der Waals surface area contributed by atoms with Gasteiger partial charge in [0.25, 0.3) is 0 Å². The van der Waals surface area contributed by atoms with Crippen molar-refractivity contribution in [2.24, 2.45) is 11.1 Å². The van der Waals surface area contributed by atoms with Crippen LogP contribution in [0.3, 0.4) is 0 Å². The van der Waals surface area contributed by atoms with Crippen LogP contribution in [-0.4, -0.2) is 31.5 Å². The lowest BCUT2D eigenvalue weighted by atomic mass is 9.84. The molecule has 0 aromatic heterocycles. The van der Waals surface area contributed by atoms with E-state index in [0.29, 0.717) is 13.1 Å². The van der Waals surface area contributed by atoms with E-state index in [-0.39, 0.29) is 23.7 Å². The number of halogens is 1. The zero-order valence-electron chi connectivity index (χ0n) is 12.8. The second kappa shape index (κ2) is 7.66. The Labute approximate surface area is 133 Å². The number of benzene rings is 1. The van der Waals surface area contributed by atoms with Gasteiger partial charge in [-0.2, -0.15) is 0 Å². The summed E-state index contributed by atoms with van der Waals surface area (Å²) < 4.78 is 5.21. The average molecular weight is 313 g/mol. The van der Waals surface area contributed by atoms with Crippen molar-refractivity contribution < 1.29 is 9.53 Å². The minimum atomic E-state index is -0.326. The Kier molecular flexibility index (Phi) is 6.49. The van der Waals surface area contributed by atoms with Crippen molar-refractivity contribution in [3.05, 3.63) is 29.8 Å². The molecule has 1 aliphatic rings. The molecule has 0 spiro atoms. The molecule has 0 radical (unpaired) electrons. The molecule has 0 bridgehead atoms. The van der Waals surface area contributed by atoms with Crippen LogP contribution in [0.15, 0.2) is 24.3 Å². The summed E-state index contributed by atoms with van der Waals surface area (Å²) in [6, 6.07) is 7.83. The van der Waals surface area contributed by atoms with Crippen LogP contribution in [0.2, 0.25) is 0 Å². The molecule has 118 valence electrons. The summed E-state index contributed by atoms with van der Waals surface area (Å²) in [5.74, 6) is 0.998. The van der Waals surface area contributed by atoms with Gasteiger partial charge in [0.05, 0.1) is 12.5 Å². The molecule has 21 heavy (non-hydrogen) atoms. The summed E-state index contributed by atoms with van der Waals surface area (Å²) >= 11 is 0. The Bertz CT molecular complexity index is 473. The number of nitrogens with zero attached hydrogens (tertiary/aromatic N) is 1. The van der Waals surface area contributed by atoms with Crippen molar-refractivity contribution in [1.29, 1.82) is 0 Å². The minimum absolute atomic E-state index is 0. The standard InChI is InChI=1S/C16H24N2O2.ClH/c1-18(11-13-6-5-7-14(10-13)20-2)15(19)16(12-17)8-3-4-9-16;/h5-7,10H,3-4,8-9,11-12,17H2,1-2H3;1H. The molecule has 1 saturated carbocycles. The summed E-state index contributed by atoms with van der Waals surface area (Å²) in [4.78, 5) is 14.5. The number of carbonyl (C=O) groups excluding carboxylic acids is 1. The Balaban J connectivity index is 0.00000220. The van der Waals surface area contributed by atoms with Gasteiger partial charge in [0.1, 0.15) is 5.75 Å². The largest absolute Gasteiger partial charge is 0.497 e. The zero-order chi connectivity index (χ0) is 14.6. The molecular formula is C16H25ClN2O2. The van der Waals surface area contributed by atoms with E-state index in [1.54, 1.807) is 12.0 Å². The average Bonchev–Trinajstić information content (AvgIpc) is 2.96. The van der Waals surface area contributed by atoms with E-state index in [2.05, 4.69) is 0 Å². The number of amides is 1. The number of hydrogen-bond donors (Lipinski definition) is 1. The normalized spacial score (nSPS) is 16.1. The van der Waals surface area contributed by atoms with E-state index in [4.69, 9.17) is 10.5 Å². The molecule has 2 rings (SSSR count). The summed E-state index contributed by atoms with van der Waals surface area (Å²) in [6.45, 7) is 1.05. The Hall–Kier alpha value is -1.26. The first-order chi connectivity index (χ1) is 9.61. The number of carbonyl (C=O) groups is 1. The van der Waals surface area contributed by atoms with E-state index >= 15 is 0 Å². The van der Waals surface area contributed by atoms with Crippen molar-refractivity contribution >= 4 is 18.3 Å². The molecule has 0 unspecified atom stereocenters. The van der Waals surface area contributed by atoms with E-state index < -0.39 is 0 Å². The molecule has 2 N–H and O–H groups in total. The van der Waals surface area contributed by atoms with Gasteiger partial charge in [-0.25, -0.2) is 0 Å². The zero-order valence-corrected chi connectivity index (χ0v) is 13.6. The first-order valence-corrected chi connectivity index (χ1v) is 7.20. The van der Waals surface area contributed by atoms with Crippen molar-refractivity contribution in [3.8, 4) is 5.75 Å². The van der Waals surface area contributed by atoms with Crippen molar-refractivity contribution in [2.45, 2.75) is 32.2 Å². The Morgan fingerprint density at radius 2 is 2.05 bits per heavy atom. The van der Waals surface area contributed by atoms with E-state index in [9.17, 15) is 4.79 Å². The first kappa shape index (κ1) is 17.8. The smallest absolute Gasteiger partial charge is 0.230 e. The second-order valence-corrected chi connectivity index (χ2v) is 5.70. The predicted octanol–water partition coefficient (Wildman–Crippen LogP) is 2.59. The van der Waals surface area contributed by atoms with Crippen LogP contribution >= 0.6 is 12.4 Å². The van der Waals surface area contributed by atoms with Gasteiger partial charge in [-0.3, -0.25) is 4.79 Å². The highest BCUT2D eigenvalue weighted by Crippen LogP contribution is 2.38. The Morgan fingerprint density at radius 1 is 1.38 bits per heavy atom. The minimum Gasteiger partial charge on any atom is -0.497 e. The fourth-order valence-corrected chi connectivity index (χ4v) is 3.08. The molecule has 0 atom stereocenters.